The monoisotopic (exact) mass is 374 g/mol. The Morgan fingerprint density at radius 1 is 1.15 bits per heavy atom. The summed E-state index contributed by atoms with van der Waals surface area (Å²) in [4.78, 5) is 23.6. The van der Waals surface area contributed by atoms with Crippen LogP contribution < -0.4 is 9.47 Å². The second-order valence-corrected chi connectivity index (χ2v) is 6.87. The van der Waals surface area contributed by atoms with Gasteiger partial charge in [-0.25, -0.2) is 4.79 Å². The Bertz CT molecular complexity index is 844. The highest BCUT2D eigenvalue weighted by molar-refractivity contribution is 5.66. The van der Waals surface area contributed by atoms with E-state index in [-0.39, 0.29) is 17.8 Å². The third-order valence-electron chi connectivity index (χ3n) is 3.89. The summed E-state index contributed by atoms with van der Waals surface area (Å²) in [5.74, 6) is 1.47. The lowest BCUT2D eigenvalue weighted by molar-refractivity contribution is -0.385. The molecule has 144 valence electrons. The van der Waals surface area contributed by atoms with Gasteiger partial charge in [-0.3, -0.25) is 15.0 Å². The summed E-state index contributed by atoms with van der Waals surface area (Å²) in [6, 6.07) is 11.2. The van der Waals surface area contributed by atoms with Crippen molar-refractivity contribution in [2.75, 3.05) is 7.11 Å². The van der Waals surface area contributed by atoms with Crippen molar-refractivity contribution in [3.63, 3.8) is 0 Å². The maximum atomic E-state index is 11.6. The van der Waals surface area contributed by atoms with Gasteiger partial charge < -0.3 is 14.6 Å². The number of carboxylic acid groups (broad SMARTS) is 1. The molecule has 27 heavy (non-hydrogen) atoms. The Labute approximate surface area is 157 Å². The predicted octanol–water partition coefficient (Wildman–Crippen LogP) is 4.67. The highest BCUT2D eigenvalue weighted by Crippen LogP contribution is 2.31. The second-order valence-electron chi connectivity index (χ2n) is 6.87. The van der Waals surface area contributed by atoms with Crippen molar-refractivity contribution in [1.29, 1.82) is 0 Å². The molecule has 2 rings (SSSR count). The summed E-state index contributed by atoms with van der Waals surface area (Å²) < 4.78 is 10.9. The zero-order valence-corrected chi connectivity index (χ0v) is 15.6. The number of carbonyl (C=O) groups is 1. The lowest BCUT2D eigenvalue weighted by Crippen LogP contribution is -2.44. The van der Waals surface area contributed by atoms with E-state index in [9.17, 15) is 20.0 Å². The summed E-state index contributed by atoms with van der Waals surface area (Å²) >= 11 is 0. The number of nitrogens with zero attached hydrogens (tertiary/aromatic N) is 2. The molecule has 0 aliphatic heterocycles. The maximum Gasteiger partial charge on any atom is 0.408 e. The molecule has 0 radical (unpaired) electrons. The standard InChI is InChI=1S/C19H22N2O6/c1-19(2,3)20(18(22)23)12-13-10-16(8-9-17(13)21(24)25)27-15-7-5-6-14(11-15)26-4/h5-11H,12H2,1-4H3,(H,22,23). The summed E-state index contributed by atoms with van der Waals surface area (Å²) in [7, 11) is 1.54. The fourth-order valence-corrected chi connectivity index (χ4v) is 2.49. The number of rotatable bonds is 6. The van der Waals surface area contributed by atoms with Gasteiger partial charge in [0.05, 0.1) is 24.1 Å². The molecule has 0 aliphatic rings. The first-order valence-corrected chi connectivity index (χ1v) is 8.21. The van der Waals surface area contributed by atoms with E-state index in [0.29, 0.717) is 17.2 Å². The van der Waals surface area contributed by atoms with Gasteiger partial charge in [-0.1, -0.05) is 6.07 Å². The largest absolute Gasteiger partial charge is 0.497 e. The van der Waals surface area contributed by atoms with Crippen molar-refractivity contribution in [3.05, 3.63) is 58.1 Å². The SMILES string of the molecule is COc1cccc(Oc2ccc([N+](=O)[O-])c(CN(C(=O)O)C(C)(C)C)c2)c1. The van der Waals surface area contributed by atoms with Crippen molar-refractivity contribution in [2.24, 2.45) is 0 Å². The Balaban J connectivity index is 2.38. The zero-order valence-electron chi connectivity index (χ0n) is 15.6. The maximum absolute atomic E-state index is 11.6. The van der Waals surface area contributed by atoms with Crippen LogP contribution in [-0.2, 0) is 6.54 Å². The number of nitro benzene ring substituents is 1. The first kappa shape index (κ1) is 20.0. The van der Waals surface area contributed by atoms with Gasteiger partial charge in [0.25, 0.3) is 5.69 Å². The van der Waals surface area contributed by atoms with Crippen LogP contribution in [0.4, 0.5) is 10.5 Å². The van der Waals surface area contributed by atoms with Gasteiger partial charge in [-0.2, -0.15) is 0 Å². The van der Waals surface area contributed by atoms with Crippen molar-refractivity contribution in [1.82, 2.24) is 4.90 Å². The van der Waals surface area contributed by atoms with E-state index in [4.69, 9.17) is 9.47 Å². The molecular formula is C19H22N2O6. The Morgan fingerprint density at radius 2 is 1.78 bits per heavy atom. The van der Waals surface area contributed by atoms with Crippen molar-refractivity contribution in [3.8, 4) is 17.2 Å². The van der Waals surface area contributed by atoms with E-state index in [0.717, 1.165) is 4.90 Å². The topological polar surface area (TPSA) is 102 Å². The number of nitro groups is 1. The van der Waals surface area contributed by atoms with E-state index < -0.39 is 16.6 Å². The molecular weight excluding hydrogens is 352 g/mol. The van der Waals surface area contributed by atoms with Gasteiger partial charge in [-0.05, 0) is 45.0 Å². The normalized spacial score (nSPS) is 11.0. The van der Waals surface area contributed by atoms with Crippen LogP contribution in [-0.4, -0.2) is 33.7 Å². The molecule has 0 aromatic heterocycles. The van der Waals surface area contributed by atoms with E-state index in [2.05, 4.69) is 0 Å². The minimum atomic E-state index is -1.16. The van der Waals surface area contributed by atoms with Crippen LogP contribution in [0.25, 0.3) is 0 Å². The lowest BCUT2D eigenvalue weighted by atomic mass is 10.0. The molecule has 0 atom stereocenters. The summed E-state index contributed by atoms with van der Waals surface area (Å²) in [5.41, 5.74) is -0.634. The molecule has 0 fully saturated rings. The van der Waals surface area contributed by atoms with Gasteiger partial charge in [0.2, 0.25) is 0 Å². The van der Waals surface area contributed by atoms with Crippen molar-refractivity contribution < 1.29 is 24.3 Å². The summed E-state index contributed by atoms with van der Waals surface area (Å²) in [6.45, 7) is 5.04. The quantitative estimate of drug-likeness (QED) is 0.582. The fourth-order valence-electron chi connectivity index (χ4n) is 2.49. The summed E-state index contributed by atoms with van der Waals surface area (Å²) in [5, 5.41) is 20.8. The number of benzene rings is 2. The van der Waals surface area contributed by atoms with Gasteiger partial charge in [0.1, 0.15) is 17.2 Å². The number of ether oxygens (including phenoxy) is 2. The Morgan fingerprint density at radius 3 is 2.33 bits per heavy atom. The average molecular weight is 374 g/mol. The molecule has 0 unspecified atom stereocenters. The number of hydrogen-bond donors (Lipinski definition) is 1. The molecule has 2 aromatic carbocycles. The van der Waals surface area contributed by atoms with E-state index >= 15 is 0 Å². The van der Waals surface area contributed by atoms with Gasteiger partial charge in [0, 0.05) is 17.7 Å². The van der Waals surface area contributed by atoms with Crippen LogP contribution >= 0.6 is 0 Å². The van der Waals surface area contributed by atoms with Crippen LogP contribution in [0.1, 0.15) is 26.3 Å². The predicted molar refractivity (Wildman–Crippen MR) is 99.5 cm³/mol. The number of hydrogen-bond acceptors (Lipinski definition) is 5. The third kappa shape index (κ3) is 5.10. The highest BCUT2D eigenvalue weighted by atomic mass is 16.6. The Hall–Kier alpha value is -3.29. The third-order valence-corrected chi connectivity index (χ3v) is 3.89. The summed E-state index contributed by atoms with van der Waals surface area (Å²) in [6.07, 6.45) is -1.16. The van der Waals surface area contributed by atoms with Crippen molar-refractivity contribution >= 4 is 11.8 Å². The molecule has 0 heterocycles. The smallest absolute Gasteiger partial charge is 0.408 e. The van der Waals surface area contributed by atoms with E-state index in [1.807, 2.05) is 0 Å². The van der Waals surface area contributed by atoms with E-state index in [1.54, 1.807) is 45.0 Å². The van der Waals surface area contributed by atoms with Gasteiger partial charge in [0.15, 0.2) is 0 Å². The van der Waals surface area contributed by atoms with Crippen LogP contribution in [0.5, 0.6) is 17.2 Å². The number of amides is 1. The van der Waals surface area contributed by atoms with E-state index in [1.165, 1.54) is 25.3 Å². The second kappa shape index (κ2) is 7.94. The molecule has 1 amide bonds. The molecule has 2 aromatic rings. The molecule has 8 nitrogen and oxygen atoms in total. The van der Waals surface area contributed by atoms with Crippen LogP contribution in [0, 0.1) is 10.1 Å². The van der Waals surface area contributed by atoms with Gasteiger partial charge >= 0.3 is 6.09 Å². The molecule has 8 heteroatoms. The molecule has 0 saturated heterocycles. The first-order valence-electron chi connectivity index (χ1n) is 8.21. The molecule has 0 aliphatic carbocycles. The lowest BCUT2D eigenvalue weighted by Gasteiger charge is -2.33. The molecule has 1 N–H and O–H groups in total. The molecule has 0 saturated carbocycles. The minimum absolute atomic E-state index is 0.134. The molecule has 0 bridgehead atoms. The van der Waals surface area contributed by atoms with Crippen LogP contribution in [0.3, 0.4) is 0 Å². The van der Waals surface area contributed by atoms with Crippen LogP contribution in [0.15, 0.2) is 42.5 Å². The first-order chi connectivity index (χ1) is 12.6. The zero-order chi connectivity index (χ0) is 20.2. The fraction of sp³-hybridized carbons (Fsp3) is 0.316. The van der Waals surface area contributed by atoms with Gasteiger partial charge in [-0.15, -0.1) is 0 Å². The number of methoxy groups -OCH3 is 1. The highest BCUT2D eigenvalue weighted by Gasteiger charge is 2.29. The average Bonchev–Trinajstić information content (AvgIpc) is 2.58. The van der Waals surface area contributed by atoms with Crippen molar-refractivity contribution in [2.45, 2.75) is 32.9 Å². The minimum Gasteiger partial charge on any atom is -0.497 e. The Kier molecular flexibility index (Phi) is 5.89. The van der Waals surface area contributed by atoms with Crippen LogP contribution in [0.2, 0.25) is 0 Å². The molecule has 0 spiro atoms.